The molecule has 2 heterocycles. The fourth-order valence-corrected chi connectivity index (χ4v) is 2.38. The van der Waals surface area contributed by atoms with Crippen LogP contribution in [0.4, 0.5) is 0 Å². The second-order valence-corrected chi connectivity index (χ2v) is 5.24. The van der Waals surface area contributed by atoms with E-state index in [2.05, 4.69) is 10.3 Å². The van der Waals surface area contributed by atoms with Crippen LogP contribution >= 0.6 is 11.3 Å². The Morgan fingerprint density at radius 2 is 2.35 bits per heavy atom. The third kappa shape index (κ3) is 4.06. The molecule has 0 radical (unpaired) electrons. The van der Waals surface area contributed by atoms with Crippen LogP contribution in [-0.2, 0) is 20.7 Å². The van der Waals surface area contributed by atoms with Crippen LogP contribution in [0.5, 0.6) is 0 Å². The first-order valence-electron chi connectivity index (χ1n) is 6.52. The van der Waals surface area contributed by atoms with Crippen molar-refractivity contribution in [1.82, 2.24) is 14.7 Å². The predicted octanol–water partition coefficient (Wildman–Crippen LogP) is 1.40. The maximum Gasteiger partial charge on any atom is 0.312 e. The van der Waals surface area contributed by atoms with Crippen molar-refractivity contribution in [2.75, 3.05) is 13.2 Å². The van der Waals surface area contributed by atoms with Gasteiger partial charge in [0.15, 0.2) is 11.6 Å². The first kappa shape index (κ1) is 14.5. The van der Waals surface area contributed by atoms with Crippen LogP contribution in [0.3, 0.4) is 0 Å². The smallest absolute Gasteiger partial charge is 0.312 e. The van der Waals surface area contributed by atoms with Gasteiger partial charge >= 0.3 is 5.97 Å². The van der Waals surface area contributed by atoms with Gasteiger partial charge in [0.2, 0.25) is 0 Å². The van der Waals surface area contributed by atoms with Gasteiger partial charge < -0.3 is 10.1 Å². The van der Waals surface area contributed by atoms with Crippen LogP contribution < -0.4 is 5.32 Å². The number of hydrogen-bond acceptors (Lipinski definition) is 5. The topological polar surface area (TPSA) is 72.7 Å². The first-order valence-corrected chi connectivity index (χ1v) is 7.40. The molecule has 0 saturated heterocycles. The number of carbonyl (C=O) groups is 2. The zero-order valence-corrected chi connectivity index (χ0v) is 12.1. The maximum atomic E-state index is 11.6. The molecular formula is C13H17N3O3S. The number of esters is 1. The summed E-state index contributed by atoms with van der Waals surface area (Å²) in [4.78, 5) is 28.1. The van der Waals surface area contributed by atoms with Gasteiger partial charge in [0, 0.05) is 24.3 Å². The third-order valence-corrected chi connectivity index (χ3v) is 3.46. The van der Waals surface area contributed by atoms with Crippen molar-refractivity contribution in [3.63, 3.8) is 0 Å². The van der Waals surface area contributed by atoms with Crippen molar-refractivity contribution < 1.29 is 14.3 Å². The van der Waals surface area contributed by atoms with E-state index in [4.69, 9.17) is 4.74 Å². The highest BCUT2D eigenvalue weighted by Gasteiger charge is 2.11. The number of unbranched alkanes of at least 4 members (excludes halogenated alkanes) is 1. The minimum Gasteiger partial charge on any atom is -0.455 e. The summed E-state index contributed by atoms with van der Waals surface area (Å²) in [6.45, 7) is 2.43. The quantitative estimate of drug-likeness (QED) is 0.619. The summed E-state index contributed by atoms with van der Waals surface area (Å²) in [5, 5.41) is 4.61. The highest BCUT2D eigenvalue weighted by molar-refractivity contribution is 7.15. The van der Waals surface area contributed by atoms with E-state index in [-0.39, 0.29) is 18.9 Å². The van der Waals surface area contributed by atoms with Crippen molar-refractivity contribution in [2.45, 2.75) is 26.2 Å². The molecule has 0 aromatic carbocycles. The number of carbonyl (C=O) groups excluding carboxylic acids is 2. The SMILES string of the molecule is CCCCNC(=O)COC(=O)Cc1cn2ccsc2n1. The Morgan fingerprint density at radius 3 is 3.10 bits per heavy atom. The standard InChI is InChI=1S/C13H17N3O3S/c1-2-3-4-14-11(17)9-19-12(18)7-10-8-16-5-6-20-13(16)15-10/h5-6,8H,2-4,7,9H2,1H3,(H,14,17). The number of nitrogens with zero attached hydrogens (tertiary/aromatic N) is 2. The molecule has 20 heavy (non-hydrogen) atoms. The Kier molecular flexibility index (Phi) is 5.11. The van der Waals surface area contributed by atoms with E-state index in [1.807, 2.05) is 22.9 Å². The van der Waals surface area contributed by atoms with Gasteiger partial charge in [-0.05, 0) is 6.42 Å². The van der Waals surface area contributed by atoms with E-state index >= 15 is 0 Å². The van der Waals surface area contributed by atoms with E-state index in [0.29, 0.717) is 12.2 Å². The lowest BCUT2D eigenvalue weighted by atomic mass is 10.3. The Hall–Kier alpha value is -1.89. The van der Waals surface area contributed by atoms with E-state index in [1.165, 1.54) is 11.3 Å². The number of amides is 1. The summed E-state index contributed by atoms with van der Waals surface area (Å²) in [5.41, 5.74) is 0.647. The van der Waals surface area contributed by atoms with E-state index in [0.717, 1.165) is 17.8 Å². The minimum atomic E-state index is -0.443. The zero-order chi connectivity index (χ0) is 14.4. The van der Waals surface area contributed by atoms with Crippen LogP contribution in [0, 0.1) is 0 Å². The number of nitrogens with one attached hydrogen (secondary N) is 1. The van der Waals surface area contributed by atoms with Gasteiger partial charge in [-0.1, -0.05) is 13.3 Å². The number of hydrogen-bond donors (Lipinski definition) is 1. The normalized spacial score (nSPS) is 10.7. The van der Waals surface area contributed by atoms with Crippen molar-refractivity contribution in [3.05, 3.63) is 23.5 Å². The molecule has 1 amide bonds. The Bertz CT molecular complexity index is 562. The highest BCUT2D eigenvalue weighted by Crippen LogP contribution is 2.11. The molecule has 0 bridgehead atoms. The lowest BCUT2D eigenvalue weighted by molar-refractivity contribution is -0.147. The molecule has 2 aromatic heterocycles. The number of rotatable bonds is 7. The lowest BCUT2D eigenvalue weighted by Crippen LogP contribution is -2.29. The number of aromatic nitrogens is 2. The molecule has 0 atom stereocenters. The largest absolute Gasteiger partial charge is 0.455 e. The van der Waals surface area contributed by atoms with E-state index in [9.17, 15) is 9.59 Å². The van der Waals surface area contributed by atoms with Crippen LogP contribution in [-0.4, -0.2) is 34.4 Å². The first-order chi connectivity index (χ1) is 9.69. The van der Waals surface area contributed by atoms with Crippen molar-refractivity contribution >= 4 is 28.2 Å². The molecular weight excluding hydrogens is 278 g/mol. The van der Waals surface area contributed by atoms with Gasteiger partial charge in [-0.25, -0.2) is 4.98 Å². The number of thiazole rings is 1. The summed E-state index contributed by atoms with van der Waals surface area (Å²) in [5.74, 6) is -0.709. The van der Waals surface area contributed by atoms with Crippen molar-refractivity contribution in [2.24, 2.45) is 0 Å². The van der Waals surface area contributed by atoms with Crippen molar-refractivity contribution in [1.29, 1.82) is 0 Å². The number of ether oxygens (including phenoxy) is 1. The summed E-state index contributed by atoms with van der Waals surface area (Å²) in [6.07, 6.45) is 5.68. The average molecular weight is 295 g/mol. The highest BCUT2D eigenvalue weighted by atomic mass is 32.1. The van der Waals surface area contributed by atoms with Gasteiger partial charge in [0.1, 0.15) is 0 Å². The molecule has 0 spiro atoms. The van der Waals surface area contributed by atoms with Gasteiger partial charge in [-0.2, -0.15) is 0 Å². The maximum absolute atomic E-state index is 11.6. The van der Waals surface area contributed by atoms with Gasteiger partial charge in [0.05, 0.1) is 12.1 Å². The molecule has 0 aliphatic carbocycles. The van der Waals surface area contributed by atoms with Crippen LogP contribution in [0.15, 0.2) is 17.8 Å². The molecule has 7 heteroatoms. The summed E-state index contributed by atoms with van der Waals surface area (Å²) < 4.78 is 6.77. The van der Waals surface area contributed by atoms with Crippen LogP contribution in [0.2, 0.25) is 0 Å². The number of imidazole rings is 1. The molecule has 1 N–H and O–H groups in total. The van der Waals surface area contributed by atoms with Crippen LogP contribution in [0.1, 0.15) is 25.5 Å². The summed E-state index contributed by atoms with van der Waals surface area (Å²) in [7, 11) is 0. The van der Waals surface area contributed by atoms with Crippen LogP contribution in [0.25, 0.3) is 4.96 Å². The molecule has 0 unspecified atom stereocenters. The zero-order valence-electron chi connectivity index (χ0n) is 11.3. The fraction of sp³-hybridized carbons (Fsp3) is 0.462. The van der Waals surface area contributed by atoms with E-state index < -0.39 is 5.97 Å². The fourth-order valence-electron chi connectivity index (χ4n) is 1.66. The van der Waals surface area contributed by atoms with E-state index in [1.54, 1.807) is 6.20 Å². The second-order valence-electron chi connectivity index (χ2n) is 4.37. The molecule has 108 valence electrons. The van der Waals surface area contributed by atoms with Gasteiger partial charge in [0.25, 0.3) is 5.91 Å². The Morgan fingerprint density at radius 1 is 1.50 bits per heavy atom. The van der Waals surface area contributed by atoms with Gasteiger partial charge in [-0.15, -0.1) is 11.3 Å². The molecule has 0 saturated carbocycles. The average Bonchev–Trinajstić information content (AvgIpc) is 2.97. The predicted molar refractivity (Wildman–Crippen MR) is 75.6 cm³/mol. The van der Waals surface area contributed by atoms with Crippen molar-refractivity contribution in [3.8, 4) is 0 Å². The molecule has 0 fully saturated rings. The Balaban J connectivity index is 1.72. The molecule has 6 nitrogen and oxygen atoms in total. The third-order valence-electron chi connectivity index (χ3n) is 2.69. The second kappa shape index (κ2) is 7.04. The molecule has 2 aromatic rings. The molecule has 0 aliphatic heterocycles. The summed E-state index contributed by atoms with van der Waals surface area (Å²) >= 11 is 1.50. The lowest BCUT2D eigenvalue weighted by Gasteiger charge is -2.05. The monoisotopic (exact) mass is 295 g/mol. The summed E-state index contributed by atoms with van der Waals surface area (Å²) in [6, 6.07) is 0. The Labute approximate surface area is 120 Å². The van der Waals surface area contributed by atoms with Gasteiger partial charge in [-0.3, -0.25) is 14.0 Å². The minimum absolute atomic E-state index is 0.0800. The number of fused-ring (bicyclic) bond motifs is 1. The molecule has 2 rings (SSSR count). The molecule has 0 aliphatic rings.